The van der Waals surface area contributed by atoms with Crippen molar-refractivity contribution in [3.05, 3.63) is 59.7 Å². The summed E-state index contributed by atoms with van der Waals surface area (Å²) < 4.78 is 0. The third-order valence-electron chi connectivity index (χ3n) is 3.03. The molecule has 2 rings (SSSR count). The van der Waals surface area contributed by atoms with Gasteiger partial charge in [0.15, 0.2) is 0 Å². The molecule has 2 aromatic rings. The van der Waals surface area contributed by atoms with Crippen LogP contribution in [-0.4, -0.2) is 10.2 Å². The minimum Gasteiger partial charge on any atom is -0.508 e. The second kappa shape index (κ2) is 4.91. The topological polar surface area (TPSA) is 40.5 Å². The van der Waals surface area contributed by atoms with Crippen molar-refractivity contribution in [3.63, 3.8) is 0 Å². The summed E-state index contributed by atoms with van der Waals surface area (Å²) in [7, 11) is 0. The van der Waals surface area contributed by atoms with Gasteiger partial charge in [0.05, 0.1) is 0 Å². The molecular weight excluding hydrogens is 212 g/mol. The van der Waals surface area contributed by atoms with Crippen LogP contribution in [0.1, 0.15) is 30.4 Å². The molecule has 17 heavy (non-hydrogen) atoms. The molecular formula is C15H16O2. The highest BCUT2D eigenvalue weighted by molar-refractivity contribution is 5.45. The zero-order valence-corrected chi connectivity index (χ0v) is 9.80. The van der Waals surface area contributed by atoms with Gasteiger partial charge in [0, 0.05) is 17.0 Å². The zero-order valence-electron chi connectivity index (χ0n) is 9.80. The van der Waals surface area contributed by atoms with Gasteiger partial charge in [0.1, 0.15) is 11.5 Å². The Balaban J connectivity index is 2.48. The zero-order chi connectivity index (χ0) is 12.3. The van der Waals surface area contributed by atoms with Crippen LogP contribution in [0, 0.1) is 0 Å². The number of phenols is 2. The molecule has 0 fully saturated rings. The number of hydrogen-bond acceptors (Lipinski definition) is 2. The van der Waals surface area contributed by atoms with Crippen LogP contribution < -0.4 is 0 Å². The van der Waals surface area contributed by atoms with Gasteiger partial charge >= 0.3 is 0 Å². The monoisotopic (exact) mass is 228 g/mol. The van der Waals surface area contributed by atoms with E-state index in [-0.39, 0.29) is 17.4 Å². The van der Waals surface area contributed by atoms with E-state index >= 15 is 0 Å². The number of phenolic OH excluding ortho intramolecular Hbond substituents is 2. The highest BCUT2D eigenvalue weighted by Gasteiger charge is 2.17. The van der Waals surface area contributed by atoms with Crippen molar-refractivity contribution in [1.29, 1.82) is 0 Å². The molecule has 0 spiro atoms. The first-order valence-electron chi connectivity index (χ1n) is 5.79. The van der Waals surface area contributed by atoms with Crippen molar-refractivity contribution in [2.45, 2.75) is 19.3 Å². The van der Waals surface area contributed by atoms with E-state index in [1.165, 1.54) is 0 Å². The summed E-state index contributed by atoms with van der Waals surface area (Å²) in [6, 6.07) is 14.6. The number of hydrogen-bond donors (Lipinski definition) is 2. The quantitative estimate of drug-likeness (QED) is 0.842. The predicted molar refractivity (Wildman–Crippen MR) is 68.3 cm³/mol. The minimum atomic E-state index is 0.0254. The fraction of sp³-hybridized carbons (Fsp3) is 0.200. The molecule has 0 atom stereocenters. The Bertz CT molecular complexity index is 460. The van der Waals surface area contributed by atoms with Gasteiger partial charge in [0.2, 0.25) is 0 Å². The minimum absolute atomic E-state index is 0.0254. The average molecular weight is 228 g/mol. The van der Waals surface area contributed by atoms with E-state index in [1.54, 1.807) is 24.3 Å². The van der Waals surface area contributed by atoms with E-state index in [2.05, 4.69) is 0 Å². The van der Waals surface area contributed by atoms with Crippen LogP contribution in [0.3, 0.4) is 0 Å². The van der Waals surface area contributed by atoms with Crippen LogP contribution in [-0.2, 0) is 0 Å². The van der Waals surface area contributed by atoms with E-state index in [0.717, 1.165) is 17.5 Å². The summed E-state index contributed by atoms with van der Waals surface area (Å²) in [5.41, 5.74) is 1.72. The molecule has 2 nitrogen and oxygen atoms in total. The van der Waals surface area contributed by atoms with E-state index in [9.17, 15) is 10.2 Å². The standard InChI is InChI=1S/C15H16O2/c1-2-11(12-7-3-5-9-14(12)16)13-8-4-6-10-15(13)17/h3-11,16-17H,2H2,1H3. The van der Waals surface area contributed by atoms with Gasteiger partial charge in [-0.1, -0.05) is 43.3 Å². The van der Waals surface area contributed by atoms with Gasteiger partial charge in [-0.2, -0.15) is 0 Å². The molecule has 0 heterocycles. The Morgan fingerprint density at radius 1 is 0.824 bits per heavy atom. The molecule has 0 bridgehead atoms. The first kappa shape index (κ1) is 11.5. The maximum atomic E-state index is 9.88. The Labute approximate surface area is 101 Å². The molecule has 2 N–H and O–H groups in total. The summed E-state index contributed by atoms with van der Waals surface area (Å²) in [4.78, 5) is 0. The van der Waals surface area contributed by atoms with Crippen LogP contribution >= 0.6 is 0 Å². The van der Waals surface area contributed by atoms with Crippen LogP contribution in [0.4, 0.5) is 0 Å². The lowest BCUT2D eigenvalue weighted by Gasteiger charge is -2.18. The van der Waals surface area contributed by atoms with Gasteiger partial charge in [-0.05, 0) is 18.6 Å². The largest absolute Gasteiger partial charge is 0.508 e. The van der Waals surface area contributed by atoms with Crippen molar-refractivity contribution in [3.8, 4) is 11.5 Å². The second-order valence-electron chi connectivity index (χ2n) is 4.08. The molecule has 88 valence electrons. The third kappa shape index (κ3) is 2.26. The smallest absolute Gasteiger partial charge is 0.119 e. The molecule has 0 aliphatic rings. The first-order valence-corrected chi connectivity index (χ1v) is 5.79. The van der Waals surface area contributed by atoms with Crippen LogP contribution in [0.5, 0.6) is 11.5 Å². The Hall–Kier alpha value is -1.96. The van der Waals surface area contributed by atoms with E-state index < -0.39 is 0 Å². The summed E-state index contributed by atoms with van der Waals surface area (Å²) in [5.74, 6) is 0.586. The molecule has 0 aromatic heterocycles. The van der Waals surface area contributed by atoms with E-state index in [4.69, 9.17) is 0 Å². The van der Waals surface area contributed by atoms with E-state index in [0.29, 0.717) is 0 Å². The lowest BCUT2D eigenvalue weighted by molar-refractivity contribution is 0.453. The van der Waals surface area contributed by atoms with Gasteiger partial charge in [-0.3, -0.25) is 0 Å². The molecule has 0 radical (unpaired) electrons. The van der Waals surface area contributed by atoms with Crippen molar-refractivity contribution in [2.75, 3.05) is 0 Å². The number of para-hydroxylation sites is 2. The number of aromatic hydroxyl groups is 2. The van der Waals surface area contributed by atoms with Gasteiger partial charge in [-0.15, -0.1) is 0 Å². The predicted octanol–water partition coefficient (Wildman–Crippen LogP) is 3.64. The summed E-state index contributed by atoms with van der Waals surface area (Å²) in [6.07, 6.45) is 0.829. The summed E-state index contributed by atoms with van der Waals surface area (Å²) in [6.45, 7) is 2.05. The average Bonchev–Trinajstić information content (AvgIpc) is 2.34. The molecule has 0 aliphatic heterocycles. The fourth-order valence-corrected chi connectivity index (χ4v) is 2.17. The van der Waals surface area contributed by atoms with Crippen LogP contribution in [0.15, 0.2) is 48.5 Å². The molecule has 0 unspecified atom stereocenters. The Kier molecular flexibility index (Phi) is 3.33. The highest BCUT2D eigenvalue weighted by Crippen LogP contribution is 2.37. The fourth-order valence-electron chi connectivity index (χ4n) is 2.17. The summed E-state index contributed by atoms with van der Waals surface area (Å²) in [5, 5.41) is 19.8. The molecule has 2 heteroatoms. The maximum Gasteiger partial charge on any atom is 0.119 e. The van der Waals surface area contributed by atoms with Crippen molar-refractivity contribution in [2.24, 2.45) is 0 Å². The van der Waals surface area contributed by atoms with Crippen molar-refractivity contribution < 1.29 is 10.2 Å². The molecule has 0 amide bonds. The van der Waals surface area contributed by atoms with Gasteiger partial charge < -0.3 is 10.2 Å². The third-order valence-corrected chi connectivity index (χ3v) is 3.03. The summed E-state index contributed by atoms with van der Waals surface area (Å²) >= 11 is 0. The van der Waals surface area contributed by atoms with Gasteiger partial charge in [0.25, 0.3) is 0 Å². The van der Waals surface area contributed by atoms with Crippen LogP contribution in [0.2, 0.25) is 0 Å². The normalized spacial score (nSPS) is 10.7. The first-order chi connectivity index (χ1) is 8.24. The molecule has 0 saturated carbocycles. The Morgan fingerprint density at radius 2 is 1.24 bits per heavy atom. The van der Waals surface area contributed by atoms with Crippen LogP contribution in [0.25, 0.3) is 0 Å². The molecule has 0 saturated heterocycles. The number of benzene rings is 2. The highest BCUT2D eigenvalue weighted by atomic mass is 16.3. The number of rotatable bonds is 3. The lowest BCUT2D eigenvalue weighted by Crippen LogP contribution is -2.00. The Morgan fingerprint density at radius 3 is 1.59 bits per heavy atom. The SMILES string of the molecule is CCC(c1ccccc1O)c1ccccc1O. The van der Waals surface area contributed by atoms with E-state index in [1.807, 2.05) is 31.2 Å². The van der Waals surface area contributed by atoms with Gasteiger partial charge in [-0.25, -0.2) is 0 Å². The maximum absolute atomic E-state index is 9.88. The van der Waals surface area contributed by atoms with Crippen molar-refractivity contribution >= 4 is 0 Å². The lowest BCUT2D eigenvalue weighted by atomic mass is 9.88. The van der Waals surface area contributed by atoms with Crippen molar-refractivity contribution in [1.82, 2.24) is 0 Å². The second-order valence-corrected chi connectivity index (χ2v) is 4.08. The molecule has 0 aliphatic carbocycles. The molecule has 2 aromatic carbocycles.